The number of halogens is 2. The summed E-state index contributed by atoms with van der Waals surface area (Å²) in [7, 11) is 0. The Hall–Kier alpha value is -2.80. The second-order valence-corrected chi connectivity index (χ2v) is 5.22. The molecule has 124 valence electrons. The number of carbonyl (C=O) groups excluding carboxylic acids is 2. The molecule has 0 aliphatic carbocycles. The molecule has 0 aromatic heterocycles. The first-order chi connectivity index (χ1) is 11.5. The molecule has 1 N–H and O–H groups in total. The highest BCUT2D eigenvalue weighted by atomic mass is 35.5. The molecule has 0 bridgehead atoms. The second-order valence-electron chi connectivity index (χ2n) is 4.82. The molecule has 1 aliphatic heterocycles. The molecule has 8 heteroatoms. The maximum absolute atomic E-state index is 13.1. The number of hydrogen-bond acceptors (Lipinski definition) is 5. The number of amides is 1. The summed E-state index contributed by atoms with van der Waals surface area (Å²) in [6.45, 7) is -0.418. The van der Waals surface area contributed by atoms with Crippen molar-refractivity contribution in [2.75, 3.05) is 18.7 Å². The minimum absolute atomic E-state index is 0.0394. The topological polar surface area (TPSA) is 73.9 Å². The Labute approximate surface area is 141 Å². The quantitative estimate of drug-likeness (QED) is 0.857. The predicted octanol–water partition coefficient (Wildman–Crippen LogP) is 3.00. The van der Waals surface area contributed by atoms with E-state index in [9.17, 15) is 14.0 Å². The summed E-state index contributed by atoms with van der Waals surface area (Å²) >= 11 is 5.80. The van der Waals surface area contributed by atoms with Gasteiger partial charge in [0.05, 0.1) is 10.6 Å². The molecule has 2 aromatic rings. The van der Waals surface area contributed by atoms with Crippen LogP contribution in [0.1, 0.15) is 10.4 Å². The van der Waals surface area contributed by atoms with Crippen LogP contribution < -0.4 is 14.8 Å². The lowest BCUT2D eigenvalue weighted by atomic mass is 10.2. The molecule has 0 fully saturated rings. The van der Waals surface area contributed by atoms with Gasteiger partial charge in [0.25, 0.3) is 5.91 Å². The largest absolute Gasteiger partial charge is 0.454 e. The molecule has 0 unspecified atom stereocenters. The summed E-state index contributed by atoms with van der Waals surface area (Å²) in [5, 5.41) is 2.59. The minimum atomic E-state index is -0.889. The zero-order chi connectivity index (χ0) is 17.1. The molecule has 2 aromatic carbocycles. The third-order valence-electron chi connectivity index (χ3n) is 3.14. The molecule has 6 nitrogen and oxygen atoms in total. The van der Waals surface area contributed by atoms with Crippen LogP contribution in [0.15, 0.2) is 36.4 Å². The first kappa shape index (κ1) is 16.1. The summed E-state index contributed by atoms with van der Waals surface area (Å²) in [5.41, 5.74) is 0.316. The summed E-state index contributed by atoms with van der Waals surface area (Å²) in [6, 6.07) is 8.16. The maximum Gasteiger partial charge on any atom is 0.340 e. The summed E-state index contributed by atoms with van der Waals surface area (Å²) in [4.78, 5) is 23.7. The highest BCUT2D eigenvalue weighted by Crippen LogP contribution is 2.34. The molecular formula is C16H11ClFNO5. The molecule has 1 aliphatic rings. The fourth-order valence-corrected chi connectivity index (χ4v) is 2.23. The number of ether oxygens (including phenoxy) is 3. The van der Waals surface area contributed by atoms with Crippen LogP contribution in [0.2, 0.25) is 5.02 Å². The fourth-order valence-electron chi connectivity index (χ4n) is 2.03. The Kier molecular flexibility index (Phi) is 4.52. The van der Waals surface area contributed by atoms with E-state index in [1.54, 1.807) is 18.2 Å². The highest BCUT2D eigenvalue weighted by molar-refractivity contribution is 6.33. The van der Waals surface area contributed by atoms with E-state index in [1.165, 1.54) is 6.07 Å². The van der Waals surface area contributed by atoms with Crippen molar-refractivity contribution in [3.63, 3.8) is 0 Å². The van der Waals surface area contributed by atoms with Gasteiger partial charge in [-0.2, -0.15) is 0 Å². The molecule has 0 radical (unpaired) electrons. The SMILES string of the molecule is O=C(COC(=O)c1cc(F)ccc1Cl)Nc1ccc2c(c1)OCO2. The van der Waals surface area contributed by atoms with Gasteiger partial charge in [-0.3, -0.25) is 4.79 Å². The number of esters is 1. The van der Waals surface area contributed by atoms with Gasteiger partial charge in [0, 0.05) is 11.8 Å². The molecule has 0 saturated carbocycles. The average Bonchev–Trinajstić information content (AvgIpc) is 3.02. The van der Waals surface area contributed by atoms with E-state index in [4.69, 9.17) is 25.8 Å². The van der Waals surface area contributed by atoms with E-state index < -0.39 is 24.3 Å². The number of carbonyl (C=O) groups is 2. The van der Waals surface area contributed by atoms with Crippen LogP contribution in [-0.4, -0.2) is 25.3 Å². The Morgan fingerprint density at radius 2 is 1.96 bits per heavy atom. The molecular weight excluding hydrogens is 341 g/mol. The van der Waals surface area contributed by atoms with E-state index in [0.717, 1.165) is 12.1 Å². The predicted molar refractivity (Wildman–Crippen MR) is 82.9 cm³/mol. The van der Waals surface area contributed by atoms with Crippen molar-refractivity contribution in [2.24, 2.45) is 0 Å². The van der Waals surface area contributed by atoms with Crippen LogP contribution in [0.5, 0.6) is 11.5 Å². The van der Waals surface area contributed by atoms with Gasteiger partial charge in [-0.1, -0.05) is 11.6 Å². The third kappa shape index (κ3) is 3.57. The second kappa shape index (κ2) is 6.76. The maximum atomic E-state index is 13.1. The van der Waals surface area contributed by atoms with Crippen LogP contribution in [0.3, 0.4) is 0 Å². The Bertz CT molecular complexity index is 811. The van der Waals surface area contributed by atoms with Crippen molar-refractivity contribution < 1.29 is 28.2 Å². The number of anilines is 1. The highest BCUT2D eigenvalue weighted by Gasteiger charge is 2.16. The summed E-state index contributed by atoms with van der Waals surface area (Å²) in [5.74, 6) is -0.984. The van der Waals surface area contributed by atoms with E-state index >= 15 is 0 Å². The number of benzene rings is 2. The van der Waals surface area contributed by atoms with Crippen LogP contribution in [0.4, 0.5) is 10.1 Å². The van der Waals surface area contributed by atoms with Gasteiger partial charge in [0.2, 0.25) is 6.79 Å². The van der Waals surface area contributed by atoms with Gasteiger partial charge in [-0.25, -0.2) is 9.18 Å². The lowest BCUT2D eigenvalue weighted by Gasteiger charge is -2.08. The van der Waals surface area contributed by atoms with Gasteiger partial charge in [-0.05, 0) is 30.3 Å². The molecule has 0 saturated heterocycles. The molecule has 0 atom stereocenters. The Morgan fingerprint density at radius 3 is 2.79 bits per heavy atom. The zero-order valence-corrected chi connectivity index (χ0v) is 12.9. The molecule has 1 heterocycles. The smallest absolute Gasteiger partial charge is 0.340 e. The first-order valence-corrected chi connectivity index (χ1v) is 7.22. The van der Waals surface area contributed by atoms with Crippen LogP contribution in [0, 0.1) is 5.82 Å². The lowest BCUT2D eigenvalue weighted by molar-refractivity contribution is -0.119. The van der Waals surface area contributed by atoms with Crippen molar-refractivity contribution in [1.29, 1.82) is 0 Å². The normalized spacial score (nSPS) is 11.9. The van der Waals surface area contributed by atoms with Gasteiger partial charge in [-0.15, -0.1) is 0 Å². The van der Waals surface area contributed by atoms with Gasteiger partial charge in [0.15, 0.2) is 18.1 Å². The minimum Gasteiger partial charge on any atom is -0.454 e. The van der Waals surface area contributed by atoms with Crippen molar-refractivity contribution in [3.8, 4) is 11.5 Å². The third-order valence-corrected chi connectivity index (χ3v) is 3.47. The Balaban J connectivity index is 1.57. The summed E-state index contributed by atoms with van der Waals surface area (Å²) in [6.07, 6.45) is 0. The van der Waals surface area contributed by atoms with Crippen LogP contribution >= 0.6 is 11.6 Å². The Morgan fingerprint density at radius 1 is 1.17 bits per heavy atom. The first-order valence-electron chi connectivity index (χ1n) is 6.84. The monoisotopic (exact) mass is 351 g/mol. The standard InChI is InChI=1S/C16H11ClFNO5/c17-12-3-1-9(18)5-11(12)16(21)22-7-15(20)19-10-2-4-13-14(6-10)24-8-23-13/h1-6H,7-8H2,(H,19,20). The van der Waals surface area contributed by atoms with E-state index in [2.05, 4.69) is 5.32 Å². The van der Waals surface area contributed by atoms with Gasteiger partial charge in [0.1, 0.15) is 5.82 Å². The summed E-state index contributed by atoms with van der Waals surface area (Å²) < 4.78 is 28.3. The van der Waals surface area contributed by atoms with Crippen LogP contribution in [0.25, 0.3) is 0 Å². The fraction of sp³-hybridized carbons (Fsp3) is 0.125. The van der Waals surface area contributed by atoms with Crippen LogP contribution in [-0.2, 0) is 9.53 Å². The van der Waals surface area contributed by atoms with E-state index in [-0.39, 0.29) is 17.4 Å². The van der Waals surface area contributed by atoms with Crippen molar-refractivity contribution in [2.45, 2.75) is 0 Å². The number of hydrogen-bond donors (Lipinski definition) is 1. The average molecular weight is 352 g/mol. The van der Waals surface area contributed by atoms with Crippen molar-refractivity contribution in [3.05, 3.63) is 52.8 Å². The van der Waals surface area contributed by atoms with E-state index in [0.29, 0.717) is 17.2 Å². The number of fused-ring (bicyclic) bond motifs is 1. The van der Waals surface area contributed by atoms with Gasteiger partial charge >= 0.3 is 5.97 Å². The molecule has 24 heavy (non-hydrogen) atoms. The number of rotatable bonds is 4. The lowest BCUT2D eigenvalue weighted by Crippen LogP contribution is -2.21. The molecule has 3 rings (SSSR count). The van der Waals surface area contributed by atoms with E-state index in [1.807, 2.05) is 0 Å². The van der Waals surface area contributed by atoms with Crippen molar-refractivity contribution >= 4 is 29.2 Å². The van der Waals surface area contributed by atoms with Crippen molar-refractivity contribution in [1.82, 2.24) is 0 Å². The zero-order valence-electron chi connectivity index (χ0n) is 12.2. The molecule has 0 spiro atoms. The van der Waals surface area contributed by atoms with Gasteiger partial charge < -0.3 is 19.5 Å². The molecule has 1 amide bonds. The number of nitrogens with one attached hydrogen (secondary N) is 1.